The summed E-state index contributed by atoms with van der Waals surface area (Å²) in [5.41, 5.74) is 33.6. The first kappa shape index (κ1) is 63.3. The summed E-state index contributed by atoms with van der Waals surface area (Å²) in [4.78, 5) is 4.88. The highest BCUT2D eigenvalue weighted by Crippen LogP contribution is 2.60. The maximum atomic E-state index is 2.54. The van der Waals surface area contributed by atoms with Crippen molar-refractivity contribution in [3.05, 3.63) is 384 Å². The first-order valence-electron chi connectivity index (χ1n) is 37.6. The molecular formula is C104H80N2. The van der Waals surface area contributed by atoms with Crippen LogP contribution in [0.5, 0.6) is 0 Å². The molecule has 0 fully saturated rings. The Morgan fingerprint density at radius 2 is 0.462 bits per heavy atom. The fourth-order valence-corrected chi connectivity index (χ4v) is 18.9. The van der Waals surface area contributed by atoms with E-state index in [2.05, 4.69) is 405 Å². The van der Waals surface area contributed by atoms with E-state index in [0.29, 0.717) is 0 Å². The molecule has 106 heavy (non-hydrogen) atoms. The average Bonchev–Trinajstić information content (AvgIpc) is 1.53. The van der Waals surface area contributed by atoms with E-state index in [4.69, 9.17) is 0 Å². The second kappa shape index (κ2) is 23.6. The first-order chi connectivity index (χ1) is 51.6. The zero-order valence-corrected chi connectivity index (χ0v) is 61.2. The molecule has 0 saturated heterocycles. The Labute approximate surface area is 621 Å². The van der Waals surface area contributed by atoms with Gasteiger partial charge in [-0.3, -0.25) is 0 Å². The van der Waals surface area contributed by atoms with Gasteiger partial charge in [0.25, 0.3) is 0 Å². The van der Waals surface area contributed by atoms with Crippen LogP contribution in [0.1, 0.15) is 99.9 Å². The normalized spacial score (nSPS) is 14.5. The maximum absolute atomic E-state index is 2.54. The molecule has 17 aromatic carbocycles. The largest absolute Gasteiger partial charge is 0.310 e. The molecule has 0 amide bonds. The lowest BCUT2D eigenvalue weighted by molar-refractivity contribution is 0.652. The van der Waals surface area contributed by atoms with Crippen LogP contribution in [0.25, 0.3) is 121 Å². The second-order valence-corrected chi connectivity index (χ2v) is 32.0. The van der Waals surface area contributed by atoms with Crippen LogP contribution >= 0.6 is 0 Å². The van der Waals surface area contributed by atoms with Crippen molar-refractivity contribution in [1.82, 2.24) is 0 Å². The van der Waals surface area contributed by atoms with Gasteiger partial charge in [-0.1, -0.05) is 298 Å². The van der Waals surface area contributed by atoms with E-state index < -0.39 is 0 Å². The molecule has 17 aromatic rings. The molecule has 2 heteroatoms. The number of rotatable bonds is 8. The fraction of sp³-hybridized carbons (Fsp3) is 0.115. The summed E-state index contributed by atoms with van der Waals surface area (Å²) < 4.78 is 0. The summed E-state index contributed by atoms with van der Waals surface area (Å²) in [5, 5.41) is 12.7. The third kappa shape index (κ3) is 9.70. The van der Waals surface area contributed by atoms with Crippen LogP contribution in [0.2, 0.25) is 0 Å². The summed E-state index contributed by atoms with van der Waals surface area (Å²) in [6.45, 7) is 19.2. The molecule has 2 nitrogen and oxygen atoms in total. The van der Waals surface area contributed by atoms with E-state index in [1.807, 2.05) is 0 Å². The van der Waals surface area contributed by atoms with E-state index in [0.717, 1.165) is 28.4 Å². The van der Waals surface area contributed by atoms with Gasteiger partial charge in [0.2, 0.25) is 0 Å². The number of hydrogen-bond acceptors (Lipinski definition) is 2. The summed E-state index contributed by atoms with van der Waals surface area (Å²) >= 11 is 0. The molecule has 0 aromatic heterocycles. The zero-order chi connectivity index (χ0) is 71.5. The van der Waals surface area contributed by atoms with Crippen LogP contribution < -0.4 is 9.80 Å². The van der Waals surface area contributed by atoms with Gasteiger partial charge in [-0.2, -0.15) is 0 Å². The Morgan fingerprint density at radius 1 is 0.170 bits per heavy atom. The summed E-state index contributed by atoms with van der Waals surface area (Å²) in [7, 11) is 0. The molecule has 0 N–H and O–H groups in total. The van der Waals surface area contributed by atoms with Crippen LogP contribution in [0.3, 0.4) is 0 Å². The van der Waals surface area contributed by atoms with E-state index in [9.17, 15) is 0 Å². The van der Waals surface area contributed by atoms with Gasteiger partial charge in [0, 0.05) is 55.8 Å². The van der Waals surface area contributed by atoms with E-state index in [1.165, 1.54) is 171 Å². The number of benzene rings is 17. The third-order valence-electron chi connectivity index (χ3n) is 24.7. The molecule has 0 atom stereocenters. The molecule has 0 spiro atoms. The van der Waals surface area contributed by atoms with Crippen molar-refractivity contribution in [2.75, 3.05) is 9.80 Å². The predicted octanol–water partition coefficient (Wildman–Crippen LogP) is 28.6. The third-order valence-corrected chi connectivity index (χ3v) is 24.7. The van der Waals surface area contributed by atoms with Gasteiger partial charge in [0.05, 0.1) is 0 Å². The summed E-state index contributed by atoms with van der Waals surface area (Å²) in [6.07, 6.45) is 0. The Hall–Kier alpha value is -12.4. The lowest BCUT2D eigenvalue weighted by Gasteiger charge is -2.28. The molecule has 0 saturated carbocycles. The van der Waals surface area contributed by atoms with Crippen molar-refractivity contribution in [3.8, 4) is 66.8 Å². The highest BCUT2D eigenvalue weighted by Gasteiger charge is 2.44. The first-order valence-corrected chi connectivity index (χ1v) is 37.6. The fourth-order valence-electron chi connectivity index (χ4n) is 18.9. The van der Waals surface area contributed by atoms with Gasteiger partial charge in [-0.05, 0) is 262 Å². The number of anilines is 6. The van der Waals surface area contributed by atoms with Gasteiger partial charge >= 0.3 is 0 Å². The molecule has 0 unspecified atom stereocenters. The van der Waals surface area contributed by atoms with Crippen molar-refractivity contribution in [2.45, 2.75) is 77.0 Å². The monoisotopic (exact) mass is 1360 g/mol. The highest BCUT2D eigenvalue weighted by molar-refractivity contribution is 6.11. The molecular weight excluding hydrogens is 1280 g/mol. The van der Waals surface area contributed by atoms with Crippen molar-refractivity contribution >= 4 is 88.0 Å². The van der Waals surface area contributed by atoms with Crippen molar-refractivity contribution in [3.63, 3.8) is 0 Å². The molecule has 0 heterocycles. The van der Waals surface area contributed by atoms with Gasteiger partial charge in [-0.15, -0.1) is 0 Å². The standard InChI is InChI=1S/C54H41N.C50H39N/c1-53(2)48-29-23-37-15-9-11-17-43(37)52(48)47-33-50-46(32-51(47)53)44-28-27-41(31-49(44)54(50,3)4)55(39-24-20-35(21-25-39)34-12-6-5-7-13-34)40-26-22-38-19-18-36-14-8-10-16-42(36)45(38)30-40;1-49(2)45-17-11-10-16-40(45)43-30-48-44(31-47(43)49)41-27-26-38(29-46(41)50(48,3)4)51(36-23-20-33(21-24-36)32-12-6-5-7-13-32)37-25-22-35-19-18-34-14-8-9-15-39(34)42(35)28-37/h5-33H,1-4H3;5-31H,1-4H3. The van der Waals surface area contributed by atoms with E-state index >= 15 is 0 Å². The van der Waals surface area contributed by atoms with Crippen LogP contribution in [0.15, 0.2) is 340 Å². The number of fused-ring (bicyclic) bond motifs is 20. The predicted molar refractivity (Wildman–Crippen MR) is 451 cm³/mol. The van der Waals surface area contributed by atoms with Gasteiger partial charge < -0.3 is 9.80 Å². The average molecular weight is 1360 g/mol. The Bertz CT molecular complexity index is 6490. The minimum absolute atomic E-state index is 0.0310. The smallest absolute Gasteiger partial charge is 0.0468 e. The maximum Gasteiger partial charge on any atom is 0.0468 e. The minimum Gasteiger partial charge on any atom is -0.310 e. The quantitative estimate of drug-likeness (QED) is 0.140. The van der Waals surface area contributed by atoms with E-state index in [1.54, 1.807) is 0 Å². The molecule has 0 bridgehead atoms. The highest BCUT2D eigenvalue weighted by atomic mass is 15.1. The van der Waals surface area contributed by atoms with Crippen LogP contribution in [-0.2, 0) is 21.7 Å². The molecule has 4 aliphatic rings. The number of hydrogen-bond donors (Lipinski definition) is 0. The van der Waals surface area contributed by atoms with Crippen LogP contribution in [0, 0.1) is 0 Å². The van der Waals surface area contributed by atoms with Crippen LogP contribution in [0.4, 0.5) is 34.1 Å². The molecule has 4 aliphatic carbocycles. The molecule has 21 rings (SSSR count). The SMILES string of the molecule is CC1(C)c2cc(N(c3ccc(-c4ccccc4)cc3)c3ccc4ccc5ccccc5c4c3)ccc2-c2cc3c(cc21)-c1c(ccc2ccccc12)C3(C)C.CC1(C)c2ccccc2-c2cc3c(cc21)-c1ccc(N(c2ccc(-c4ccccc4)cc2)c2ccc4ccc5ccccc5c4c2)cc1C3(C)C. The van der Waals surface area contributed by atoms with Gasteiger partial charge in [0.1, 0.15) is 0 Å². The Balaban J connectivity index is 0.000000141. The van der Waals surface area contributed by atoms with E-state index in [-0.39, 0.29) is 21.7 Å². The molecule has 0 radical (unpaired) electrons. The lowest BCUT2D eigenvalue weighted by atomic mass is 9.79. The zero-order valence-electron chi connectivity index (χ0n) is 61.2. The summed E-state index contributed by atoms with van der Waals surface area (Å²) in [5.74, 6) is 0. The van der Waals surface area contributed by atoms with Crippen molar-refractivity contribution in [2.24, 2.45) is 0 Å². The van der Waals surface area contributed by atoms with Crippen molar-refractivity contribution in [1.29, 1.82) is 0 Å². The Kier molecular flexibility index (Phi) is 14.1. The van der Waals surface area contributed by atoms with Crippen molar-refractivity contribution < 1.29 is 0 Å². The van der Waals surface area contributed by atoms with Gasteiger partial charge in [0.15, 0.2) is 0 Å². The molecule has 0 aliphatic heterocycles. The minimum atomic E-state index is -0.185. The second-order valence-electron chi connectivity index (χ2n) is 32.0. The summed E-state index contributed by atoms with van der Waals surface area (Å²) in [6, 6.07) is 127. The number of nitrogens with zero attached hydrogens (tertiary/aromatic N) is 2. The van der Waals surface area contributed by atoms with Crippen LogP contribution in [-0.4, -0.2) is 0 Å². The lowest BCUT2D eigenvalue weighted by Crippen LogP contribution is -2.17. The van der Waals surface area contributed by atoms with Gasteiger partial charge in [-0.25, -0.2) is 0 Å². The molecule has 506 valence electrons. The topological polar surface area (TPSA) is 6.48 Å². The Morgan fingerprint density at radius 3 is 0.934 bits per heavy atom.